The van der Waals surface area contributed by atoms with Crippen molar-refractivity contribution < 1.29 is 9.53 Å². The average molecular weight is 214 g/mol. The lowest BCUT2D eigenvalue weighted by Crippen LogP contribution is -2.35. The summed E-state index contributed by atoms with van der Waals surface area (Å²) in [6.45, 7) is 14.8. The molecule has 0 rings (SSSR count). The summed E-state index contributed by atoms with van der Waals surface area (Å²) in [4.78, 5) is 11.8. The monoisotopic (exact) mass is 214 g/mol. The molecular weight excluding hydrogens is 188 g/mol. The predicted octanol–water partition coefficient (Wildman–Crippen LogP) is 3.44. The number of Topliss-reactive ketones (excluding diaryl/α,β-unsaturated/α-hetero) is 1. The van der Waals surface area contributed by atoms with Gasteiger partial charge in [-0.1, -0.05) is 27.7 Å². The fourth-order valence-electron chi connectivity index (χ4n) is 1.41. The maximum absolute atomic E-state index is 11.8. The molecule has 0 heterocycles. The molecule has 0 bridgehead atoms. The third kappa shape index (κ3) is 5.93. The normalized spacial score (nSPS) is 15.1. The number of hydrogen-bond donors (Lipinski definition) is 0. The zero-order valence-electron chi connectivity index (χ0n) is 11.3. The third-order valence-corrected chi connectivity index (χ3v) is 2.47. The van der Waals surface area contributed by atoms with Crippen molar-refractivity contribution >= 4 is 5.78 Å². The van der Waals surface area contributed by atoms with E-state index in [9.17, 15) is 4.79 Å². The van der Waals surface area contributed by atoms with Gasteiger partial charge in [0.05, 0.1) is 12.2 Å². The summed E-state index contributed by atoms with van der Waals surface area (Å²) in [5, 5.41) is 0. The van der Waals surface area contributed by atoms with E-state index in [4.69, 9.17) is 4.74 Å². The van der Waals surface area contributed by atoms with Crippen LogP contribution in [0.5, 0.6) is 0 Å². The van der Waals surface area contributed by atoms with Crippen LogP contribution in [0.25, 0.3) is 0 Å². The van der Waals surface area contributed by atoms with Crippen LogP contribution in [0, 0.1) is 11.3 Å². The SMILES string of the molecule is CCC(=O)[C@H](COC(C)(C)C)C(C)(C)C. The number of ether oxygens (including phenoxy) is 1. The highest BCUT2D eigenvalue weighted by Crippen LogP contribution is 2.29. The molecule has 0 saturated carbocycles. The number of carbonyl (C=O) groups is 1. The number of carbonyl (C=O) groups excluding carboxylic acids is 1. The van der Waals surface area contributed by atoms with Gasteiger partial charge in [0, 0.05) is 12.3 Å². The summed E-state index contributed by atoms with van der Waals surface area (Å²) in [6, 6.07) is 0. The Morgan fingerprint density at radius 3 is 1.87 bits per heavy atom. The Morgan fingerprint density at radius 2 is 1.60 bits per heavy atom. The third-order valence-electron chi connectivity index (χ3n) is 2.47. The van der Waals surface area contributed by atoms with Gasteiger partial charge in [-0.15, -0.1) is 0 Å². The van der Waals surface area contributed by atoms with Gasteiger partial charge in [-0.3, -0.25) is 4.79 Å². The molecule has 2 nitrogen and oxygen atoms in total. The minimum Gasteiger partial charge on any atom is -0.375 e. The number of rotatable bonds is 4. The molecule has 0 fully saturated rings. The molecule has 0 aliphatic carbocycles. The smallest absolute Gasteiger partial charge is 0.138 e. The van der Waals surface area contributed by atoms with E-state index < -0.39 is 0 Å². The summed E-state index contributed by atoms with van der Waals surface area (Å²) < 4.78 is 5.72. The Labute approximate surface area is 94.4 Å². The lowest BCUT2D eigenvalue weighted by Gasteiger charge is -2.32. The van der Waals surface area contributed by atoms with E-state index in [1.165, 1.54) is 0 Å². The molecule has 0 aromatic carbocycles. The van der Waals surface area contributed by atoms with Crippen LogP contribution in [-0.4, -0.2) is 18.0 Å². The summed E-state index contributed by atoms with van der Waals surface area (Å²) in [6.07, 6.45) is 0.593. The summed E-state index contributed by atoms with van der Waals surface area (Å²) in [5.41, 5.74) is -0.185. The first kappa shape index (κ1) is 14.6. The second kappa shape index (κ2) is 5.11. The molecule has 15 heavy (non-hydrogen) atoms. The second-order valence-corrected chi connectivity index (χ2v) is 6.16. The molecule has 0 radical (unpaired) electrons. The second-order valence-electron chi connectivity index (χ2n) is 6.16. The van der Waals surface area contributed by atoms with E-state index in [2.05, 4.69) is 20.8 Å². The summed E-state index contributed by atoms with van der Waals surface area (Å²) in [7, 11) is 0. The molecule has 0 aromatic rings. The lowest BCUT2D eigenvalue weighted by atomic mass is 9.78. The fraction of sp³-hybridized carbons (Fsp3) is 0.923. The van der Waals surface area contributed by atoms with Crippen LogP contribution in [0.15, 0.2) is 0 Å². The fourth-order valence-corrected chi connectivity index (χ4v) is 1.41. The molecule has 0 unspecified atom stereocenters. The van der Waals surface area contributed by atoms with Crippen molar-refractivity contribution in [2.75, 3.05) is 6.61 Å². The Hall–Kier alpha value is -0.370. The average Bonchev–Trinajstić information content (AvgIpc) is 1.99. The Bertz CT molecular complexity index is 206. The van der Waals surface area contributed by atoms with Gasteiger partial charge in [0.15, 0.2) is 0 Å². The maximum atomic E-state index is 11.8. The van der Waals surface area contributed by atoms with Crippen LogP contribution < -0.4 is 0 Å². The van der Waals surface area contributed by atoms with Crippen LogP contribution >= 0.6 is 0 Å². The zero-order valence-corrected chi connectivity index (χ0v) is 11.3. The molecule has 0 aliphatic heterocycles. The van der Waals surface area contributed by atoms with Crippen LogP contribution in [0.1, 0.15) is 54.9 Å². The van der Waals surface area contributed by atoms with Crippen LogP contribution in [0.3, 0.4) is 0 Å². The molecule has 0 aromatic heterocycles. The van der Waals surface area contributed by atoms with E-state index in [0.29, 0.717) is 18.8 Å². The van der Waals surface area contributed by atoms with Gasteiger partial charge in [0.1, 0.15) is 5.78 Å². The van der Waals surface area contributed by atoms with Crippen molar-refractivity contribution in [1.82, 2.24) is 0 Å². The Kier molecular flexibility index (Phi) is 4.98. The van der Waals surface area contributed by atoms with Gasteiger partial charge in [-0.25, -0.2) is 0 Å². The Morgan fingerprint density at radius 1 is 1.13 bits per heavy atom. The van der Waals surface area contributed by atoms with Crippen molar-refractivity contribution in [2.45, 2.75) is 60.5 Å². The molecule has 0 aliphatic rings. The zero-order chi connectivity index (χ0) is 12.3. The highest BCUT2D eigenvalue weighted by molar-refractivity contribution is 5.81. The quantitative estimate of drug-likeness (QED) is 0.716. The lowest BCUT2D eigenvalue weighted by molar-refractivity contribution is -0.131. The van der Waals surface area contributed by atoms with Gasteiger partial charge in [0.2, 0.25) is 0 Å². The molecule has 0 N–H and O–H groups in total. The molecule has 0 saturated heterocycles. The van der Waals surface area contributed by atoms with Crippen molar-refractivity contribution in [3.05, 3.63) is 0 Å². The predicted molar refractivity (Wildman–Crippen MR) is 63.9 cm³/mol. The van der Waals surface area contributed by atoms with Crippen molar-refractivity contribution in [1.29, 1.82) is 0 Å². The Balaban J connectivity index is 4.48. The molecular formula is C13H26O2. The first-order chi connectivity index (χ1) is 6.58. The maximum Gasteiger partial charge on any atom is 0.138 e. The minimum absolute atomic E-state index is 0.00160. The van der Waals surface area contributed by atoms with Crippen molar-refractivity contribution in [3.63, 3.8) is 0 Å². The van der Waals surface area contributed by atoms with Gasteiger partial charge in [-0.2, -0.15) is 0 Å². The first-order valence-corrected chi connectivity index (χ1v) is 5.74. The van der Waals surface area contributed by atoms with E-state index in [1.54, 1.807) is 0 Å². The summed E-state index contributed by atoms with van der Waals surface area (Å²) >= 11 is 0. The number of ketones is 1. The highest BCUT2D eigenvalue weighted by Gasteiger charge is 2.31. The molecule has 1 atom stereocenters. The van der Waals surface area contributed by atoms with Crippen LogP contribution in [0.4, 0.5) is 0 Å². The standard InChI is InChI=1S/C13H26O2/c1-8-11(14)10(12(2,3)4)9-15-13(5,6)7/h10H,8-9H2,1-7H3/t10-/m0/s1. The van der Waals surface area contributed by atoms with E-state index in [1.807, 2.05) is 27.7 Å². The van der Waals surface area contributed by atoms with E-state index >= 15 is 0 Å². The van der Waals surface area contributed by atoms with Gasteiger partial charge in [-0.05, 0) is 26.2 Å². The highest BCUT2D eigenvalue weighted by atomic mass is 16.5. The summed E-state index contributed by atoms with van der Waals surface area (Å²) in [5.74, 6) is 0.300. The van der Waals surface area contributed by atoms with Crippen LogP contribution in [0.2, 0.25) is 0 Å². The largest absolute Gasteiger partial charge is 0.375 e. The van der Waals surface area contributed by atoms with Crippen LogP contribution in [-0.2, 0) is 9.53 Å². The van der Waals surface area contributed by atoms with E-state index in [-0.39, 0.29) is 16.9 Å². The van der Waals surface area contributed by atoms with Gasteiger partial charge in [0.25, 0.3) is 0 Å². The first-order valence-electron chi connectivity index (χ1n) is 5.74. The molecule has 90 valence electrons. The topological polar surface area (TPSA) is 26.3 Å². The molecule has 0 spiro atoms. The molecule has 0 amide bonds. The molecule has 2 heteroatoms. The van der Waals surface area contributed by atoms with Gasteiger partial charge < -0.3 is 4.74 Å². The van der Waals surface area contributed by atoms with Crippen molar-refractivity contribution in [3.8, 4) is 0 Å². The minimum atomic E-state index is -0.169. The van der Waals surface area contributed by atoms with E-state index in [0.717, 1.165) is 0 Å². The van der Waals surface area contributed by atoms with Crippen molar-refractivity contribution in [2.24, 2.45) is 11.3 Å². The van der Waals surface area contributed by atoms with Gasteiger partial charge >= 0.3 is 0 Å². The number of hydrogen-bond acceptors (Lipinski definition) is 2.